The molecule has 1 saturated carbocycles. The Morgan fingerprint density at radius 1 is 1.14 bits per heavy atom. The minimum Gasteiger partial charge on any atom is -0.282 e. The number of unbranched alkanes of at least 4 members (excludes halogenated alkanes) is 1. The fourth-order valence-corrected chi connectivity index (χ4v) is 3.55. The molecule has 0 amide bonds. The minimum atomic E-state index is -3.98. The molecule has 2 rings (SSSR count). The topological polar surface area (TPSA) is 54.4 Å². The molecule has 1 aliphatic rings. The van der Waals surface area contributed by atoms with Gasteiger partial charge in [-0.15, -0.1) is 0 Å². The van der Waals surface area contributed by atoms with E-state index in [4.69, 9.17) is 4.55 Å². The molecule has 0 aliphatic heterocycles. The third-order valence-electron chi connectivity index (χ3n) is 4.19. The second kappa shape index (κ2) is 7.76. The maximum atomic E-state index is 10.6. The summed E-state index contributed by atoms with van der Waals surface area (Å²) in [6, 6.07) is 8.64. The van der Waals surface area contributed by atoms with Gasteiger partial charge >= 0.3 is 0 Å². The van der Waals surface area contributed by atoms with E-state index < -0.39 is 10.1 Å². The van der Waals surface area contributed by atoms with Gasteiger partial charge in [0.25, 0.3) is 10.1 Å². The van der Waals surface area contributed by atoms with E-state index in [9.17, 15) is 8.42 Å². The zero-order chi connectivity index (χ0) is 15.1. The van der Waals surface area contributed by atoms with Gasteiger partial charge < -0.3 is 0 Å². The van der Waals surface area contributed by atoms with Crippen LogP contribution < -0.4 is 0 Å². The largest absolute Gasteiger partial charge is 0.287 e. The zero-order valence-corrected chi connectivity index (χ0v) is 13.2. The smallest absolute Gasteiger partial charge is 0.282 e. The first-order chi connectivity index (χ1) is 10.1. The summed E-state index contributed by atoms with van der Waals surface area (Å²) in [5.74, 6) is 0.698. The van der Waals surface area contributed by atoms with Crippen LogP contribution in [0.1, 0.15) is 62.0 Å². The summed E-state index contributed by atoms with van der Waals surface area (Å²) in [5, 5.41) is 0.875. The molecular weight excluding hydrogens is 284 g/mol. The lowest BCUT2D eigenvalue weighted by molar-refractivity contribution is 0.441. The highest BCUT2D eigenvalue weighted by Gasteiger charge is 2.17. The predicted molar refractivity (Wildman–Crippen MR) is 85.9 cm³/mol. The molecule has 0 bridgehead atoms. The predicted octanol–water partition coefficient (Wildman–Crippen LogP) is 4.46. The molecule has 1 N–H and O–H groups in total. The lowest BCUT2D eigenvalue weighted by Crippen LogP contribution is -2.07. The van der Waals surface area contributed by atoms with Crippen molar-refractivity contribution in [3.8, 4) is 0 Å². The van der Waals surface area contributed by atoms with Crippen molar-refractivity contribution in [1.82, 2.24) is 0 Å². The summed E-state index contributed by atoms with van der Waals surface area (Å²) in [5.41, 5.74) is 2.88. The second-order valence-corrected chi connectivity index (χ2v) is 7.11. The maximum Gasteiger partial charge on any atom is 0.287 e. The van der Waals surface area contributed by atoms with Gasteiger partial charge in [0.1, 0.15) is 0 Å². The Morgan fingerprint density at radius 3 is 2.57 bits per heavy atom. The van der Waals surface area contributed by atoms with Crippen molar-refractivity contribution in [2.45, 2.75) is 57.3 Å². The fourth-order valence-electron chi connectivity index (χ4n) is 3.17. The lowest BCUT2D eigenvalue weighted by Gasteiger charge is -2.24. The Labute approximate surface area is 127 Å². The highest BCUT2D eigenvalue weighted by Crippen LogP contribution is 2.34. The molecule has 4 heteroatoms. The van der Waals surface area contributed by atoms with Crippen LogP contribution in [0, 0.1) is 0 Å². The van der Waals surface area contributed by atoms with Gasteiger partial charge in [-0.2, -0.15) is 8.42 Å². The number of hydrogen-bond acceptors (Lipinski definition) is 2. The summed E-state index contributed by atoms with van der Waals surface area (Å²) >= 11 is 0. The standard InChI is InChI=1S/C17H24O3S/c18-21(19,20)14-8-2-5-11-16-12-6-7-13-17(16)15-9-3-1-4-10-15/h6-8,12-15H,1-5,9-11H2,(H,18,19,20). The highest BCUT2D eigenvalue weighted by atomic mass is 32.2. The van der Waals surface area contributed by atoms with Crippen molar-refractivity contribution in [3.05, 3.63) is 46.9 Å². The molecule has 0 aromatic heterocycles. The Kier molecular flexibility index (Phi) is 6.00. The van der Waals surface area contributed by atoms with Crippen LogP contribution >= 0.6 is 0 Å². The third-order valence-corrected chi connectivity index (χ3v) is 4.72. The molecular formula is C17H24O3S. The lowest BCUT2D eigenvalue weighted by atomic mass is 9.81. The van der Waals surface area contributed by atoms with E-state index in [0.717, 1.165) is 18.2 Å². The second-order valence-electron chi connectivity index (χ2n) is 5.81. The van der Waals surface area contributed by atoms with Crippen LogP contribution in [0.25, 0.3) is 0 Å². The molecule has 1 aliphatic carbocycles. The summed E-state index contributed by atoms with van der Waals surface area (Å²) in [4.78, 5) is 0. The van der Waals surface area contributed by atoms with Crippen molar-refractivity contribution in [2.24, 2.45) is 0 Å². The highest BCUT2D eigenvalue weighted by molar-refractivity contribution is 7.88. The van der Waals surface area contributed by atoms with Crippen molar-refractivity contribution in [1.29, 1.82) is 0 Å². The van der Waals surface area contributed by atoms with E-state index in [2.05, 4.69) is 24.3 Å². The molecule has 116 valence electrons. The molecule has 0 spiro atoms. The van der Waals surface area contributed by atoms with E-state index in [0.29, 0.717) is 12.3 Å². The van der Waals surface area contributed by atoms with E-state index >= 15 is 0 Å². The summed E-state index contributed by atoms with van der Waals surface area (Å²) in [6.45, 7) is 0. The Balaban J connectivity index is 1.92. The van der Waals surface area contributed by atoms with Gasteiger partial charge in [0.05, 0.1) is 5.41 Å². The molecule has 0 radical (unpaired) electrons. The number of rotatable bonds is 6. The Bertz CT molecular complexity index is 569. The Hall–Kier alpha value is -1.13. The minimum absolute atomic E-state index is 0.665. The zero-order valence-electron chi connectivity index (χ0n) is 12.4. The molecule has 0 unspecified atom stereocenters. The Morgan fingerprint density at radius 2 is 1.86 bits per heavy atom. The molecule has 0 saturated heterocycles. The van der Waals surface area contributed by atoms with Gasteiger partial charge in [0.2, 0.25) is 0 Å². The van der Waals surface area contributed by atoms with Crippen LogP contribution in [0.5, 0.6) is 0 Å². The fraction of sp³-hybridized carbons (Fsp3) is 0.529. The van der Waals surface area contributed by atoms with Crippen LogP contribution in [0.15, 0.2) is 35.7 Å². The van der Waals surface area contributed by atoms with Gasteiger partial charge in [-0.1, -0.05) is 49.6 Å². The molecule has 1 fully saturated rings. The molecule has 1 aromatic carbocycles. The number of benzene rings is 1. The molecule has 1 aromatic rings. The monoisotopic (exact) mass is 308 g/mol. The third kappa shape index (κ3) is 5.64. The van der Waals surface area contributed by atoms with Gasteiger partial charge in [-0.25, -0.2) is 0 Å². The molecule has 3 nitrogen and oxygen atoms in total. The van der Waals surface area contributed by atoms with Crippen molar-refractivity contribution >= 4 is 10.1 Å². The van der Waals surface area contributed by atoms with Crippen molar-refractivity contribution in [3.63, 3.8) is 0 Å². The van der Waals surface area contributed by atoms with Gasteiger partial charge in [0.15, 0.2) is 0 Å². The summed E-state index contributed by atoms with van der Waals surface area (Å²) in [6.07, 6.45) is 10.7. The first-order valence-corrected chi connectivity index (χ1v) is 9.28. The van der Waals surface area contributed by atoms with Crippen molar-refractivity contribution in [2.75, 3.05) is 0 Å². The van der Waals surface area contributed by atoms with Crippen LogP contribution in [0.2, 0.25) is 0 Å². The SMILES string of the molecule is O=S(=O)(O)C=CCCCc1ccccc1C1CCCCC1. The number of hydrogen-bond donors (Lipinski definition) is 1. The van der Waals surface area contributed by atoms with Crippen LogP contribution in [0.3, 0.4) is 0 Å². The average molecular weight is 308 g/mol. The van der Waals surface area contributed by atoms with Crippen molar-refractivity contribution < 1.29 is 13.0 Å². The van der Waals surface area contributed by atoms with Crippen LogP contribution in [-0.2, 0) is 16.5 Å². The molecule has 21 heavy (non-hydrogen) atoms. The van der Waals surface area contributed by atoms with E-state index in [1.54, 1.807) is 0 Å². The number of allylic oxidation sites excluding steroid dienone is 1. The maximum absolute atomic E-state index is 10.6. The van der Waals surface area contributed by atoms with E-state index in [1.165, 1.54) is 49.3 Å². The van der Waals surface area contributed by atoms with Gasteiger partial charge in [0, 0.05) is 0 Å². The van der Waals surface area contributed by atoms with Gasteiger partial charge in [-0.05, 0) is 49.1 Å². The quantitative estimate of drug-likeness (QED) is 0.623. The van der Waals surface area contributed by atoms with Crippen LogP contribution in [0.4, 0.5) is 0 Å². The average Bonchev–Trinajstić information content (AvgIpc) is 2.47. The summed E-state index contributed by atoms with van der Waals surface area (Å²) < 4.78 is 29.8. The van der Waals surface area contributed by atoms with Crippen LogP contribution in [-0.4, -0.2) is 13.0 Å². The molecule has 0 heterocycles. The van der Waals surface area contributed by atoms with Gasteiger partial charge in [-0.3, -0.25) is 4.55 Å². The first kappa shape index (κ1) is 16.2. The normalized spacial score (nSPS) is 17.4. The van der Waals surface area contributed by atoms with E-state index in [1.807, 2.05) is 0 Å². The number of aryl methyl sites for hydroxylation is 1. The molecule has 0 atom stereocenters. The summed E-state index contributed by atoms with van der Waals surface area (Å²) in [7, 11) is -3.98. The van der Waals surface area contributed by atoms with E-state index in [-0.39, 0.29) is 0 Å². The first-order valence-electron chi connectivity index (χ1n) is 7.78.